The first kappa shape index (κ1) is 14.6. The maximum atomic E-state index is 12.6. The summed E-state index contributed by atoms with van der Waals surface area (Å²) in [5, 5.41) is 10.7. The Bertz CT molecular complexity index is 499. The second-order valence-electron chi connectivity index (χ2n) is 4.53. The SMILES string of the molecule is O=[N+]([O-])c1cc(OCN2CCCC2)ccc1C(F)(F)F. The zero-order chi connectivity index (χ0) is 14.8. The summed E-state index contributed by atoms with van der Waals surface area (Å²) in [6.07, 6.45) is -2.65. The van der Waals surface area contributed by atoms with E-state index in [0.29, 0.717) is 6.07 Å². The molecule has 20 heavy (non-hydrogen) atoms. The van der Waals surface area contributed by atoms with Gasteiger partial charge in [0, 0.05) is 13.1 Å². The van der Waals surface area contributed by atoms with Gasteiger partial charge in [0.2, 0.25) is 0 Å². The third-order valence-electron chi connectivity index (χ3n) is 3.08. The molecule has 1 aliphatic rings. The van der Waals surface area contributed by atoms with Gasteiger partial charge < -0.3 is 4.74 Å². The van der Waals surface area contributed by atoms with Crippen molar-refractivity contribution in [3.63, 3.8) is 0 Å². The van der Waals surface area contributed by atoms with Crippen molar-refractivity contribution in [3.05, 3.63) is 33.9 Å². The van der Waals surface area contributed by atoms with E-state index in [9.17, 15) is 23.3 Å². The van der Waals surface area contributed by atoms with Gasteiger partial charge in [-0.3, -0.25) is 15.0 Å². The Morgan fingerprint density at radius 2 is 1.95 bits per heavy atom. The molecule has 0 aromatic heterocycles. The van der Waals surface area contributed by atoms with E-state index in [1.54, 1.807) is 0 Å². The summed E-state index contributed by atoms with van der Waals surface area (Å²) in [6, 6.07) is 2.60. The molecule has 110 valence electrons. The normalized spacial score (nSPS) is 16.4. The molecular weight excluding hydrogens is 277 g/mol. The van der Waals surface area contributed by atoms with Crippen LogP contribution in [0.15, 0.2) is 18.2 Å². The summed E-state index contributed by atoms with van der Waals surface area (Å²) in [7, 11) is 0. The number of rotatable bonds is 4. The van der Waals surface area contributed by atoms with E-state index in [0.717, 1.165) is 38.1 Å². The molecule has 0 spiro atoms. The first-order valence-electron chi connectivity index (χ1n) is 6.09. The zero-order valence-corrected chi connectivity index (χ0v) is 10.5. The van der Waals surface area contributed by atoms with E-state index in [1.807, 2.05) is 4.90 Å². The summed E-state index contributed by atoms with van der Waals surface area (Å²) in [4.78, 5) is 11.7. The van der Waals surface area contributed by atoms with Crippen LogP contribution in [0.4, 0.5) is 18.9 Å². The molecule has 0 N–H and O–H groups in total. The molecule has 0 radical (unpaired) electrons. The Labute approximate surface area is 113 Å². The highest BCUT2D eigenvalue weighted by Gasteiger charge is 2.38. The van der Waals surface area contributed by atoms with Gasteiger partial charge in [0.05, 0.1) is 11.0 Å². The highest BCUT2D eigenvalue weighted by molar-refractivity contribution is 5.47. The Balaban J connectivity index is 2.15. The predicted octanol–water partition coefficient (Wildman–Crippen LogP) is 3.05. The molecule has 0 bridgehead atoms. The maximum Gasteiger partial charge on any atom is 0.423 e. The minimum atomic E-state index is -4.75. The Hall–Kier alpha value is -1.83. The van der Waals surface area contributed by atoms with Crippen LogP contribution in [-0.4, -0.2) is 29.6 Å². The number of nitro groups is 1. The lowest BCUT2D eigenvalue weighted by Crippen LogP contribution is -2.24. The minimum absolute atomic E-state index is 0.0663. The van der Waals surface area contributed by atoms with Crippen molar-refractivity contribution < 1.29 is 22.8 Å². The number of ether oxygens (including phenoxy) is 1. The fraction of sp³-hybridized carbons (Fsp3) is 0.500. The second kappa shape index (κ2) is 5.66. The van der Waals surface area contributed by atoms with Crippen LogP contribution in [-0.2, 0) is 6.18 Å². The van der Waals surface area contributed by atoms with Gasteiger partial charge in [0.1, 0.15) is 18.0 Å². The van der Waals surface area contributed by atoms with E-state index in [4.69, 9.17) is 4.74 Å². The summed E-state index contributed by atoms with van der Waals surface area (Å²) in [5.41, 5.74) is -2.26. The Kier molecular flexibility index (Phi) is 4.12. The smallest absolute Gasteiger partial charge is 0.423 e. The molecule has 1 heterocycles. The van der Waals surface area contributed by atoms with Crippen LogP contribution in [0.5, 0.6) is 5.75 Å². The molecular formula is C12H13F3N2O3. The van der Waals surface area contributed by atoms with Crippen molar-refractivity contribution in [2.24, 2.45) is 0 Å². The van der Waals surface area contributed by atoms with Crippen LogP contribution in [0.1, 0.15) is 18.4 Å². The molecule has 1 aromatic rings. The highest BCUT2D eigenvalue weighted by Crippen LogP contribution is 2.37. The maximum absolute atomic E-state index is 12.6. The first-order valence-corrected chi connectivity index (χ1v) is 6.09. The molecule has 1 fully saturated rings. The number of hydrogen-bond donors (Lipinski definition) is 0. The molecule has 0 unspecified atom stereocenters. The van der Waals surface area contributed by atoms with Crippen molar-refractivity contribution in [1.82, 2.24) is 4.90 Å². The molecule has 5 nitrogen and oxygen atoms in total. The number of hydrogen-bond acceptors (Lipinski definition) is 4. The third-order valence-corrected chi connectivity index (χ3v) is 3.08. The van der Waals surface area contributed by atoms with Gasteiger partial charge in [-0.15, -0.1) is 0 Å². The van der Waals surface area contributed by atoms with Crippen LogP contribution < -0.4 is 4.74 Å². The lowest BCUT2D eigenvalue weighted by atomic mass is 10.1. The molecule has 1 aromatic carbocycles. The van der Waals surface area contributed by atoms with E-state index >= 15 is 0 Å². The average Bonchev–Trinajstić information content (AvgIpc) is 2.88. The molecule has 0 atom stereocenters. The van der Waals surface area contributed by atoms with Gasteiger partial charge in [0.15, 0.2) is 0 Å². The van der Waals surface area contributed by atoms with Gasteiger partial charge in [-0.25, -0.2) is 0 Å². The standard InChI is InChI=1S/C12H13F3N2O3/c13-12(14,15)10-4-3-9(7-11(10)17(18)19)20-8-16-5-1-2-6-16/h3-4,7H,1-2,5-6,8H2. The van der Waals surface area contributed by atoms with Gasteiger partial charge in [-0.1, -0.05) is 0 Å². The number of alkyl halides is 3. The summed E-state index contributed by atoms with van der Waals surface area (Å²) in [5.74, 6) is 0.0663. The van der Waals surface area contributed by atoms with Crippen molar-refractivity contribution in [2.45, 2.75) is 19.0 Å². The minimum Gasteiger partial charge on any atom is -0.478 e. The van der Waals surface area contributed by atoms with Gasteiger partial charge >= 0.3 is 6.18 Å². The quantitative estimate of drug-likeness (QED) is 0.631. The predicted molar refractivity (Wildman–Crippen MR) is 64.4 cm³/mol. The van der Waals surface area contributed by atoms with Crippen molar-refractivity contribution in [1.29, 1.82) is 0 Å². The van der Waals surface area contributed by atoms with E-state index < -0.39 is 22.4 Å². The second-order valence-corrected chi connectivity index (χ2v) is 4.53. The Morgan fingerprint density at radius 1 is 1.30 bits per heavy atom. The van der Waals surface area contributed by atoms with Crippen LogP contribution in [0, 0.1) is 10.1 Å². The number of benzene rings is 1. The molecule has 1 saturated heterocycles. The molecule has 0 amide bonds. The fourth-order valence-corrected chi connectivity index (χ4v) is 2.07. The van der Waals surface area contributed by atoms with E-state index in [1.165, 1.54) is 0 Å². The molecule has 8 heteroatoms. The largest absolute Gasteiger partial charge is 0.478 e. The number of nitro benzene ring substituents is 1. The van der Waals surface area contributed by atoms with Crippen molar-refractivity contribution >= 4 is 5.69 Å². The van der Waals surface area contributed by atoms with Crippen LogP contribution in [0.25, 0.3) is 0 Å². The number of likely N-dealkylation sites (tertiary alicyclic amines) is 1. The number of halogens is 3. The molecule has 0 saturated carbocycles. The average molecular weight is 290 g/mol. The lowest BCUT2D eigenvalue weighted by Gasteiger charge is -2.16. The zero-order valence-electron chi connectivity index (χ0n) is 10.5. The Morgan fingerprint density at radius 3 is 2.50 bits per heavy atom. The topological polar surface area (TPSA) is 55.6 Å². The van der Waals surface area contributed by atoms with Gasteiger partial charge in [-0.05, 0) is 25.0 Å². The van der Waals surface area contributed by atoms with Crippen molar-refractivity contribution in [3.8, 4) is 5.75 Å². The summed E-state index contributed by atoms with van der Waals surface area (Å²) in [6.45, 7) is 1.95. The molecule has 1 aliphatic heterocycles. The fourth-order valence-electron chi connectivity index (χ4n) is 2.07. The summed E-state index contributed by atoms with van der Waals surface area (Å²) < 4.78 is 43.2. The van der Waals surface area contributed by atoms with Crippen LogP contribution >= 0.6 is 0 Å². The molecule has 0 aliphatic carbocycles. The van der Waals surface area contributed by atoms with Crippen LogP contribution in [0.3, 0.4) is 0 Å². The summed E-state index contributed by atoms with van der Waals surface area (Å²) >= 11 is 0. The lowest BCUT2D eigenvalue weighted by molar-refractivity contribution is -0.388. The van der Waals surface area contributed by atoms with E-state index in [-0.39, 0.29) is 12.5 Å². The third kappa shape index (κ3) is 3.38. The van der Waals surface area contributed by atoms with E-state index in [2.05, 4.69) is 0 Å². The van der Waals surface area contributed by atoms with Crippen molar-refractivity contribution in [2.75, 3.05) is 19.8 Å². The molecule has 2 rings (SSSR count). The monoisotopic (exact) mass is 290 g/mol. The number of nitrogens with zero attached hydrogens (tertiary/aromatic N) is 2. The van der Waals surface area contributed by atoms with Gasteiger partial charge in [-0.2, -0.15) is 13.2 Å². The van der Waals surface area contributed by atoms with Gasteiger partial charge in [0.25, 0.3) is 5.69 Å². The van der Waals surface area contributed by atoms with Crippen LogP contribution in [0.2, 0.25) is 0 Å². The first-order chi connectivity index (χ1) is 9.38. The highest BCUT2D eigenvalue weighted by atomic mass is 19.4.